The first kappa shape index (κ1) is 22.5. The van der Waals surface area contributed by atoms with Crippen LogP contribution in [0.5, 0.6) is 0 Å². The summed E-state index contributed by atoms with van der Waals surface area (Å²) in [6, 6.07) is 20.8. The summed E-state index contributed by atoms with van der Waals surface area (Å²) in [6.45, 7) is 1.37. The van der Waals surface area contributed by atoms with Gasteiger partial charge in [0, 0.05) is 18.7 Å². The zero-order chi connectivity index (χ0) is 22.1. The van der Waals surface area contributed by atoms with Gasteiger partial charge in [-0.3, -0.25) is 9.52 Å². The fraction of sp³-hybridized carbons (Fsp3) is 0.174. The molecule has 0 saturated carbocycles. The molecule has 0 aliphatic heterocycles. The smallest absolute Gasteiger partial charge is 0.262 e. The molecule has 1 amide bonds. The van der Waals surface area contributed by atoms with E-state index in [1.54, 1.807) is 0 Å². The van der Waals surface area contributed by atoms with Crippen LogP contribution in [0.4, 0.5) is 10.1 Å². The van der Waals surface area contributed by atoms with E-state index in [0.717, 1.165) is 11.6 Å². The minimum Gasteiger partial charge on any atom is -0.377 e. The molecule has 162 valence electrons. The highest BCUT2D eigenvalue weighted by molar-refractivity contribution is 7.92. The predicted octanol–water partition coefficient (Wildman–Crippen LogP) is 3.96. The summed E-state index contributed by atoms with van der Waals surface area (Å²) in [7, 11) is -4.04. The molecule has 0 heterocycles. The molecule has 6 nitrogen and oxygen atoms in total. The minimum absolute atomic E-state index is 0.130. The monoisotopic (exact) mass is 442 g/mol. The summed E-state index contributed by atoms with van der Waals surface area (Å²) in [5.74, 6) is -1.08. The first-order chi connectivity index (χ1) is 15.0. The Hall–Kier alpha value is -3.23. The third-order valence-corrected chi connectivity index (χ3v) is 5.75. The SMILES string of the molecule is O=C(NCCCOCc1ccccc1)c1cccc(S(=O)(=O)Nc2ccccc2F)c1. The Morgan fingerprint density at radius 3 is 2.45 bits per heavy atom. The highest BCUT2D eigenvalue weighted by Gasteiger charge is 2.18. The van der Waals surface area contributed by atoms with Crippen molar-refractivity contribution in [3.63, 3.8) is 0 Å². The second kappa shape index (κ2) is 10.7. The van der Waals surface area contributed by atoms with E-state index in [1.165, 1.54) is 42.5 Å². The summed E-state index contributed by atoms with van der Waals surface area (Å²) in [6.07, 6.45) is 0.616. The van der Waals surface area contributed by atoms with Crippen molar-refractivity contribution < 1.29 is 22.3 Å². The lowest BCUT2D eigenvalue weighted by atomic mass is 10.2. The zero-order valence-corrected chi connectivity index (χ0v) is 17.6. The van der Waals surface area contributed by atoms with Crippen molar-refractivity contribution in [3.8, 4) is 0 Å². The fourth-order valence-electron chi connectivity index (χ4n) is 2.79. The van der Waals surface area contributed by atoms with Crippen molar-refractivity contribution in [2.45, 2.75) is 17.9 Å². The normalized spacial score (nSPS) is 11.1. The molecule has 0 saturated heterocycles. The maximum absolute atomic E-state index is 13.8. The van der Waals surface area contributed by atoms with Crippen molar-refractivity contribution in [1.29, 1.82) is 0 Å². The van der Waals surface area contributed by atoms with Crippen LogP contribution >= 0.6 is 0 Å². The molecular weight excluding hydrogens is 419 g/mol. The third-order valence-electron chi connectivity index (χ3n) is 4.39. The Morgan fingerprint density at radius 1 is 0.935 bits per heavy atom. The van der Waals surface area contributed by atoms with Gasteiger partial charge in [0.2, 0.25) is 0 Å². The number of nitrogens with one attached hydrogen (secondary N) is 2. The second-order valence-corrected chi connectivity index (χ2v) is 8.44. The van der Waals surface area contributed by atoms with Crippen molar-refractivity contribution in [1.82, 2.24) is 5.32 Å². The number of hydrogen-bond acceptors (Lipinski definition) is 4. The van der Waals surface area contributed by atoms with Crippen molar-refractivity contribution in [2.75, 3.05) is 17.9 Å². The molecule has 3 aromatic carbocycles. The Morgan fingerprint density at radius 2 is 1.68 bits per heavy atom. The molecule has 0 aliphatic carbocycles. The Labute approximate surface area is 181 Å². The molecule has 0 bridgehead atoms. The highest BCUT2D eigenvalue weighted by Crippen LogP contribution is 2.19. The number of rotatable bonds is 10. The van der Waals surface area contributed by atoms with Gasteiger partial charge in [-0.05, 0) is 42.3 Å². The van der Waals surface area contributed by atoms with Crippen LogP contribution in [0.2, 0.25) is 0 Å². The van der Waals surface area contributed by atoms with E-state index in [0.29, 0.717) is 26.2 Å². The van der Waals surface area contributed by atoms with Crippen LogP contribution < -0.4 is 10.0 Å². The van der Waals surface area contributed by atoms with E-state index in [9.17, 15) is 17.6 Å². The van der Waals surface area contributed by atoms with Gasteiger partial charge in [-0.1, -0.05) is 48.5 Å². The van der Waals surface area contributed by atoms with Crippen LogP contribution in [-0.2, 0) is 21.4 Å². The van der Waals surface area contributed by atoms with Gasteiger partial charge in [-0.2, -0.15) is 0 Å². The standard InChI is InChI=1S/C23H23FN2O4S/c24-21-12-4-5-13-22(21)26-31(28,29)20-11-6-10-19(16-20)23(27)25-14-7-15-30-17-18-8-2-1-3-9-18/h1-6,8-13,16,26H,7,14-15,17H2,(H,25,27). The largest absolute Gasteiger partial charge is 0.377 e. The quantitative estimate of drug-likeness (QED) is 0.466. The molecule has 2 N–H and O–H groups in total. The zero-order valence-electron chi connectivity index (χ0n) is 16.8. The topological polar surface area (TPSA) is 84.5 Å². The maximum atomic E-state index is 13.8. The molecule has 3 rings (SSSR count). The molecule has 0 fully saturated rings. The summed E-state index contributed by atoms with van der Waals surface area (Å²) in [5, 5.41) is 2.74. The van der Waals surface area contributed by atoms with Gasteiger partial charge in [0.15, 0.2) is 0 Å². The van der Waals surface area contributed by atoms with Crippen LogP contribution in [0.3, 0.4) is 0 Å². The van der Waals surface area contributed by atoms with E-state index in [1.807, 2.05) is 30.3 Å². The molecule has 0 atom stereocenters. The van der Waals surface area contributed by atoms with Crippen LogP contribution in [0, 0.1) is 5.82 Å². The van der Waals surface area contributed by atoms with E-state index < -0.39 is 21.7 Å². The molecule has 0 aliphatic rings. The van der Waals surface area contributed by atoms with E-state index in [4.69, 9.17) is 4.74 Å². The molecule has 31 heavy (non-hydrogen) atoms. The predicted molar refractivity (Wildman–Crippen MR) is 117 cm³/mol. The number of anilines is 1. The van der Waals surface area contributed by atoms with Crippen LogP contribution in [0.15, 0.2) is 83.8 Å². The van der Waals surface area contributed by atoms with E-state index in [-0.39, 0.29) is 16.1 Å². The van der Waals surface area contributed by atoms with Crippen LogP contribution in [0.25, 0.3) is 0 Å². The molecule has 0 radical (unpaired) electrons. The summed E-state index contributed by atoms with van der Waals surface area (Å²) in [5.41, 5.74) is 1.11. The molecule has 8 heteroatoms. The lowest BCUT2D eigenvalue weighted by Crippen LogP contribution is -2.25. The van der Waals surface area contributed by atoms with Gasteiger partial charge in [0.05, 0.1) is 17.2 Å². The summed E-state index contributed by atoms with van der Waals surface area (Å²) >= 11 is 0. The number of benzene rings is 3. The van der Waals surface area contributed by atoms with Gasteiger partial charge in [0.25, 0.3) is 15.9 Å². The number of carbonyl (C=O) groups excluding carboxylic acids is 1. The third kappa shape index (κ3) is 6.63. The van der Waals surface area contributed by atoms with Gasteiger partial charge < -0.3 is 10.1 Å². The highest BCUT2D eigenvalue weighted by atomic mass is 32.2. The molecule has 0 unspecified atom stereocenters. The molecule has 3 aromatic rings. The fourth-order valence-corrected chi connectivity index (χ4v) is 3.91. The van der Waals surface area contributed by atoms with Crippen molar-refractivity contribution >= 4 is 21.6 Å². The average molecular weight is 443 g/mol. The lowest BCUT2D eigenvalue weighted by molar-refractivity contribution is 0.0934. The molecular formula is C23H23FN2O4S. The van der Waals surface area contributed by atoms with Gasteiger partial charge in [-0.15, -0.1) is 0 Å². The van der Waals surface area contributed by atoms with Crippen molar-refractivity contribution in [2.24, 2.45) is 0 Å². The number of sulfonamides is 1. The molecule has 0 spiro atoms. The number of para-hydroxylation sites is 1. The van der Waals surface area contributed by atoms with Crippen molar-refractivity contribution in [3.05, 3.63) is 95.8 Å². The van der Waals surface area contributed by atoms with Crippen LogP contribution in [-0.4, -0.2) is 27.5 Å². The Kier molecular flexibility index (Phi) is 7.75. The first-order valence-electron chi connectivity index (χ1n) is 9.73. The summed E-state index contributed by atoms with van der Waals surface area (Å²) in [4.78, 5) is 12.2. The molecule has 0 aromatic heterocycles. The van der Waals surface area contributed by atoms with Gasteiger partial charge in [0.1, 0.15) is 5.82 Å². The minimum atomic E-state index is -4.04. The van der Waals surface area contributed by atoms with E-state index in [2.05, 4.69) is 10.0 Å². The number of halogens is 1. The number of amides is 1. The van der Waals surface area contributed by atoms with Gasteiger partial charge >= 0.3 is 0 Å². The first-order valence-corrected chi connectivity index (χ1v) is 11.2. The number of ether oxygens (including phenoxy) is 1. The number of hydrogen-bond donors (Lipinski definition) is 2. The van der Waals surface area contributed by atoms with Crippen LogP contribution in [0.1, 0.15) is 22.3 Å². The second-order valence-electron chi connectivity index (χ2n) is 6.76. The Bertz CT molecular complexity index is 1120. The lowest BCUT2D eigenvalue weighted by Gasteiger charge is -2.10. The average Bonchev–Trinajstić information content (AvgIpc) is 2.78. The number of carbonyl (C=O) groups is 1. The maximum Gasteiger partial charge on any atom is 0.262 e. The Balaban J connectivity index is 1.51. The van der Waals surface area contributed by atoms with Gasteiger partial charge in [-0.25, -0.2) is 12.8 Å². The van der Waals surface area contributed by atoms with E-state index >= 15 is 0 Å². The summed E-state index contributed by atoms with van der Waals surface area (Å²) < 4.78 is 46.6.